The van der Waals surface area contributed by atoms with Crippen LogP contribution in [0.2, 0.25) is 5.02 Å². The first kappa shape index (κ1) is 18.8. The first-order valence-corrected chi connectivity index (χ1v) is 10.3. The Hall–Kier alpha value is -3.19. The van der Waals surface area contributed by atoms with Crippen LogP contribution in [0.25, 0.3) is 11.3 Å². The summed E-state index contributed by atoms with van der Waals surface area (Å²) in [5.74, 6) is 1.35. The van der Waals surface area contributed by atoms with Gasteiger partial charge in [0.2, 0.25) is 0 Å². The molecule has 0 saturated carbocycles. The molecule has 0 atom stereocenters. The van der Waals surface area contributed by atoms with Crippen LogP contribution in [0.5, 0.6) is 11.5 Å². The van der Waals surface area contributed by atoms with Crippen molar-refractivity contribution >= 4 is 23.3 Å². The summed E-state index contributed by atoms with van der Waals surface area (Å²) in [5.41, 5.74) is 3.51. The van der Waals surface area contributed by atoms with Crippen LogP contribution in [0.15, 0.2) is 48.5 Å². The van der Waals surface area contributed by atoms with E-state index in [1.54, 1.807) is 11.0 Å². The lowest BCUT2D eigenvalue weighted by atomic mass is 10.1. The number of anilines is 1. The molecule has 0 bridgehead atoms. The normalized spacial score (nSPS) is 15.3. The number of nitrogens with one attached hydrogen (secondary N) is 1. The van der Waals surface area contributed by atoms with Gasteiger partial charge in [-0.25, -0.2) is 4.79 Å². The summed E-state index contributed by atoms with van der Waals surface area (Å²) in [4.78, 5) is 14.7. The van der Waals surface area contributed by atoms with Gasteiger partial charge in [-0.3, -0.25) is 4.68 Å². The van der Waals surface area contributed by atoms with E-state index in [0.29, 0.717) is 48.5 Å². The zero-order valence-electron chi connectivity index (χ0n) is 16.3. The van der Waals surface area contributed by atoms with Crippen LogP contribution >= 0.6 is 11.6 Å². The fourth-order valence-electron chi connectivity index (χ4n) is 3.75. The number of benzene rings is 2. The Bertz CT molecular complexity index is 1100. The molecule has 0 unspecified atom stereocenters. The van der Waals surface area contributed by atoms with Gasteiger partial charge in [-0.1, -0.05) is 23.7 Å². The van der Waals surface area contributed by atoms with Crippen molar-refractivity contribution in [1.82, 2.24) is 14.7 Å². The van der Waals surface area contributed by atoms with Crippen LogP contribution in [-0.4, -0.2) is 40.5 Å². The summed E-state index contributed by atoms with van der Waals surface area (Å²) in [5, 5.41) is 8.36. The van der Waals surface area contributed by atoms with Crippen molar-refractivity contribution in [2.75, 3.05) is 25.1 Å². The number of urea groups is 1. The zero-order chi connectivity index (χ0) is 20.5. The van der Waals surface area contributed by atoms with Crippen LogP contribution in [0, 0.1) is 0 Å². The van der Waals surface area contributed by atoms with Gasteiger partial charge >= 0.3 is 6.03 Å². The van der Waals surface area contributed by atoms with E-state index in [2.05, 4.69) is 5.32 Å². The highest BCUT2D eigenvalue weighted by molar-refractivity contribution is 6.30. The molecule has 0 fully saturated rings. The summed E-state index contributed by atoms with van der Waals surface area (Å²) in [7, 11) is 0. The topological polar surface area (TPSA) is 68.6 Å². The number of hydrogen-bond donors (Lipinski definition) is 1. The molecule has 2 aliphatic heterocycles. The smallest absolute Gasteiger partial charge is 0.322 e. The van der Waals surface area contributed by atoms with Crippen molar-refractivity contribution in [2.24, 2.45) is 0 Å². The van der Waals surface area contributed by atoms with Gasteiger partial charge in [0.15, 0.2) is 11.5 Å². The van der Waals surface area contributed by atoms with Gasteiger partial charge in [0, 0.05) is 35.4 Å². The van der Waals surface area contributed by atoms with Gasteiger partial charge in [0.1, 0.15) is 13.2 Å². The van der Waals surface area contributed by atoms with E-state index >= 15 is 0 Å². The number of hydrogen-bond acceptors (Lipinski definition) is 4. The molecule has 0 aliphatic carbocycles. The number of aryl methyl sites for hydroxylation is 1. The second-order valence-electron chi connectivity index (χ2n) is 7.32. The maximum absolute atomic E-state index is 12.9. The van der Waals surface area contributed by atoms with E-state index in [4.69, 9.17) is 26.2 Å². The van der Waals surface area contributed by atoms with E-state index in [9.17, 15) is 4.79 Å². The standard InChI is InChI=1S/C22H21ClN4O3/c23-16-4-1-3-15(11-16)19-13-18-14-26(7-2-8-27(18)25-19)22(28)24-17-5-6-20-21(12-17)30-10-9-29-20/h1,3-6,11-13H,2,7-10,14H2,(H,24,28). The van der Waals surface area contributed by atoms with E-state index in [1.165, 1.54) is 0 Å². The second kappa shape index (κ2) is 7.91. The third-order valence-electron chi connectivity index (χ3n) is 5.22. The first-order valence-electron chi connectivity index (χ1n) is 9.94. The minimum Gasteiger partial charge on any atom is -0.486 e. The van der Waals surface area contributed by atoms with Crippen molar-refractivity contribution in [3.05, 3.63) is 59.2 Å². The molecule has 3 aromatic rings. The molecule has 154 valence electrons. The lowest BCUT2D eigenvalue weighted by molar-refractivity contribution is 0.171. The summed E-state index contributed by atoms with van der Waals surface area (Å²) < 4.78 is 13.1. The van der Waals surface area contributed by atoms with Crippen molar-refractivity contribution in [3.8, 4) is 22.8 Å². The molecule has 3 heterocycles. The molecule has 0 saturated heterocycles. The predicted octanol–water partition coefficient (Wildman–Crippen LogP) is 4.41. The minimum atomic E-state index is -0.148. The van der Waals surface area contributed by atoms with Crippen LogP contribution in [-0.2, 0) is 13.1 Å². The Balaban J connectivity index is 1.32. The fourth-order valence-corrected chi connectivity index (χ4v) is 3.94. The number of rotatable bonds is 2. The second-order valence-corrected chi connectivity index (χ2v) is 7.75. The third kappa shape index (κ3) is 3.80. The summed E-state index contributed by atoms with van der Waals surface area (Å²) in [6, 6.07) is 15.0. The van der Waals surface area contributed by atoms with Gasteiger partial charge in [-0.05, 0) is 36.8 Å². The van der Waals surface area contributed by atoms with E-state index in [-0.39, 0.29) is 6.03 Å². The Labute approximate surface area is 179 Å². The Kier molecular flexibility index (Phi) is 4.96. The largest absolute Gasteiger partial charge is 0.486 e. The molecule has 1 aromatic heterocycles. The van der Waals surface area contributed by atoms with Gasteiger partial charge in [0.05, 0.1) is 17.9 Å². The van der Waals surface area contributed by atoms with E-state index in [1.807, 2.05) is 47.1 Å². The van der Waals surface area contributed by atoms with Crippen molar-refractivity contribution in [3.63, 3.8) is 0 Å². The fraction of sp³-hybridized carbons (Fsp3) is 0.273. The predicted molar refractivity (Wildman–Crippen MR) is 114 cm³/mol. The average molecular weight is 425 g/mol. The van der Waals surface area contributed by atoms with Crippen molar-refractivity contribution < 1.29 is 14.3 Å². The molecule has 30 heavy (non-hydrogen) atoms. The molecule has 0 radical (unpaired) electrons. The minimum absolute atomic E-state index is 0.148. The molecular weight excluding hydrogens is 404 g/mol. The summed E-state index contributed by atoms with van der Waals surface area (Å²) in [6.45, 7) is 2.96. The highest BCUT2D eigenvalue weighted by atomic mass is 35.5. The number of carbonyl (C=O) groups excluding carboxylic acids is 1. The molecule has 5 rings (SSSR count). The highest BCUT2D eigenvalue weighted by Crippen LogP contribution is 2.33. The lowest BCUT2D eigenvalue weighted by Gasteiger charge is -2.22. The maximum atomic E-state index is 12.9. The van der Waals surface area contributed by atoms with Gasteiger partial charge < -0.3 is 19.7 Å². The van der Waals surface area contributed by atoms with Crippen LogP contribution < -0.4 is 14.8 Å². The average Bonchev–Trinajstić information content (AvgIpc) is 3.05. The molecular formula is C22H21ClN4O3. The number of nitrogens with zero attached hydrogens (tertiary/aromatic N) is 3. The van der Waals surface area contributed by atoms with E-state index < -0.39 is 0 Å². The molecule has 2 aromatic carbocycles. The van der Waals surface area contributed by atoms with E-state index in [0.717, 1.165) is 29.9 Å². The first-order chi connectivity index (χ1) is 14.7. The Morgan fingerprint density at radius 2 is 1.90 bits per heavy atom. The van der Waals surface area contributed by atoms with Crippen LogP contribution in [0.1, 0.15) is 12.1 Å². The van der Waals surface area contributed by atoms with Crippen molar-refractivity contribution in [2.45, 2.75) is 19.5 Å². The molecule has 7 nitrogen and oxygen atoms in total. The quantitative estimate of drug-likeness (QED) is 0.661. The van der Waals surface area contributed by atoms with Crippen LogP contribution in [0.4, 0.5) is 10.5 Å². The lowest BCUT2D eigenvalue weighted by Crippen LogP contribution is -2.34. The van der Waals surface area contributed by atoms with Gasteiger partial charge in [-0.2, -0.15) is 5.10 Å². The van der Waals surface area contributed by atoms with Gasteiger partial charge in [0.25, 0.3) is 0 Å². The molecule has 1 N–H and O–H groups in total. The number of carbonyl (C=O) groups is 1. The molecule has 2 aliphatic rings. The van der Waals surface area contributed by atoms with Gasteiger partial charge in [-0.15, -0.1) is 0 Å². The number of ether oxygens (including phenoxy) is 2. The maximum Gasteiger partial charge on any atom is 0.322 e. The zero-order valence-corrected chi connectivity index (χ0v) is 17.1. The van der Waals surface area contributed by atoms with Crippen LogP contribution in [0.3, 0.4) is 0 Å². The number of amides is 2. The molecule has 2 amide bonds. The summed E-state index contributed by atoms with van der Waals surface area (Å²) in [6.07, 6.45) is 0.832. The number of fused-ring (bicyclic) bond motifs is 2. The Morgan fingerprint density at radius 3 is 2.77 bits per heavy atom. The number of aromatic nitrogens is 2. The molecule has 8 heteroatoms. The SMILES string of the molecule is O=C(Nc1ccc2c(c1)OCCO2)N1CCCn2nc(-c3cccc(Cl)c3)cc2C1. The molecule has 0 spiro atoms. The highest BCUT2D eigenvalue weighted by Gasteiger charge is 2.22. The third-order valence-corrected chi connectivity index (χ3v) is 5.45. The monoisotopic (exact) mass is 424 g/mol. The summed E-state index contributed by atoms with van der Waals surface area (Å²) >= 11 is 6.12. The van der Waals surface area contributed by atoms with Crippen molar-refractivity contribution in [1.29, 1.82) is 0 Å². The Morgan fingerprint density at radius 1 is 1.03 bits per heavy atom. The number of halogens is 1.